The summed E-state index contributed by atoms with van der Waals surface area (Å²) in [6.07, 6.45) is 6.89. The van der Waals surface area contributed by atoms with Crippen LogP contribution in [0.2, 0.25) is 0 Å². The predicted molar refractivity (Wildman–Crippen MR) is 114 cm³/mol. The summed E-state index contributed by atoms with van der Waals surface area (Å²) in [5, 5.41) is 11.9. The number of carbonyl (C=O) groups is 3. The number of carbonyl (C=O) groups excluding carboxylic acids is 2. The zero-order valence-corrected chi connectivity index (χ0v) is 16.5. The Morgan fingerprint density at radius 2 is 1.74 bits per heavy atom. The second kappa shape index (κ2) is 8.62. The third-order valence-electron chi connectivity index (χ3n) is 5.00. The lowest BCUT2D eigenvalue weighted by Gasteiger charge is -2.24. The van der Waals surface area contributed by atoms with Gasteiger partial charge in [0.1, 0.15) is 0 Å². The third kappa shape index (κ3) is 4.51. The summed E-state index contributed by atoms with van der Waals surface area (Å²) < 4.78 is 0. The van der Waals surface area contributed by atoms with Crippen molar-refractivity contribution in [1.29, 1.82) is 0 Å². The van der Waals surface area contributed by atoms with E-state index in [0.717, 1.165) is 16.7 Å². The molecule has 0 bridgehead atoms. The van der Waals surface area contributed by atoms with Crippen LogP contribution in [0.25, 0.3) is 6.08 Å². The van der Waals surface area contributed by atoms with Crippen molar-refractivity contribution >= 4 is 23.9 Å². The highest BCUT2D eigenvalue weighted by Crippen LogP contribution is 2.23. The van der Waals surface area contributed by atoms with E-state index in [0.29, 0.717) is 24.2 Å². The van der Waals surface area contributed by atoms with Crippen molar-refractivity contribution in [3.05, 3.63) is 107 Å². The van der Waals surface area contributed by atoms with Crippen molar-refractivity contribution in [3.8, 4) is 0 Å². The Kier molecular flexibility index (Phi) is 5.57. The fraction of sp³-hybridized carbons (Fsp3) is 0.0833. The smallest absolute Gasteiger partial charge is 0.335 e. The number of nitrogens with one attached hydrogen (secondary N) is 1. The van der Waals surface area contributed by atoms with Crippen molar-refractivity contribution in [2.45, 2.75) is 13.1 Å². The van der Waals surface area contributed by atoms with Gasteiger partial charge in [0.05, 0.1) is 12.1 Å². The first kappa shape index (κ1) is 20.0. The number of carboxylic acids is 1. The molecule has 7 heteroatoms. The molecule has 1 aliphatic rings. The molecule has 0 radical (unpaired) electrons. The summed E-state index contributed by atoms with van der Waals surface area (Å²) in [7, 11) is 0. The van der Waals surface area contributed by atoms with E-state index in [1.807, 2.05) is 24.3 Å². The first-order valence-electron chi connectivity index (χ1n) is 9.64. The molecule has 2 N–H and O–H groups in total. The number of pyridine rings is 1. The van der Waals surface area contributed by atoms with Crippen LogP contribution in [0, 0.1) is 0 Å². The third-order valence-corrected chi connectivity index (χ3v) is 5.00. The number of rotatable bonds is 5. The Balaban J connectivity index is 1.46. The number of amides is 2. The summed E-state index contributed by atoms with van der Waals surface area (Å²) in [4.78, 5) is 41.9. The predicted octanol–water partition coefficient (Wildman–Crippen LogP) is 3.34. The fourth-order valence-corrected chi connectivity index (χ4v) is 3.30. The van der Waals surface area contributed by atoms with Crippen molar-refractivity contribution in [3.63, 3.8) is 0 Å². The summed E-state index contributed by atoms with van der Waals surface area (Å²) in [6, 6.07) is 14.9. The number of aromatic carboxylic acids is 1. The zero-order valence-electron chi connectivity index (χ0n) is 16.5. The van der Waals surface area contributed by atoms with Crippen LogP contribution in [0.1, 0.15) is 47.8 Å². The highest BCUT2D eigenvalue weighted by atomic mass is 16.4. The monoisotopic (exact) mass is 413 g/mol. The maximum atomic E-state index is 12.8. The first-order valence-corrected chi connectivity index (χ1v) is 9.64. The summed E-state index contributed by atoms with van der Waals surface area (Å²) in [5.41, 5.74) is 3.72. The summed E-state index contributed by atoms with van der Waals surface area (Å²) in [6.45, 7) is 0.690. The van der Waals surface area contributed by atoms with Gasteiger partial charge in [-0.25, -0.2) is 4.79 Å². The van der Waals surface area contributed by atoms with Crippen LogP contribution in [-0.4, -0.2) is 32.8 Å². The molecule has 31 heavy (non-hydrogen) atoms. The van der Waals surface area contributed by atoms with E-state index in [4.69, 9.17) is 5.11 Å². The van der Waals surface area contributed by atoms with Crippen molar-refractivity contribution < 1.29 is 19.5 Å². The van der Waals surface area contributed by atoms with Gasteiger partial charge in [0, 0.05) is 36.3 Å². The average molecular weight is 413 g/mol. The van der Waals surface area contributed by atoms with Crippen molar-refractivity contribution in [2.75, 3.05) is 0 Å². The van der Waals surface area contributed by atoms with Gasteiger partial charge in [-0.2, -0.15) is 0 Å². The molecule has 0 fully saturated rings. The number of carboxylic acid groups (broad SMARTS) is 1. The van der Waals surface area contributed by atoms with E-state index in [1.165, 1.54) is 29.2 Å². The summed E-state index contributed by atoms with van der Waals surface area (Å²) in [5.74, 6) is -1.49. The van der Waals surface area contributed by atoms with Gasteiger partial charge in [-0.3, -0.25) is 14.6 Å². The molecule has 0 saturated heterocycles. The van der Waals surface area contributed by atoms with Gasteiger partial charge >= 0.3 is 5.97 Å². The highest BCUT2D eigenvalue weighted by molar-refractivity contribution is 5.97. The second-order valence-electron chi connectivity index (χ2n) is 7.09. The van der Waals surface area contributed by atoms with Gasteiger partial charge in [-0.1, -0.05) is 12.1 Å². The van der Waals surface area contributed by atoms with Crippen LogP contribution in [-0.2, 0) is 13.1 Å². The molecular formula is C24H19N3O4. The largest absolute Gasteiger partial charge is 0.478 e. The lowest BCUT2D eigenvalue weighted by molar-refractivity contribution is 0.0695. The maximum Gasteiger partial charge on any atom is 0.335 e. The van der Waals surface area contributed by atoms with Gasteiger partial charge in [-0.15, -0.1) is 0 Å². The molecule has 0 saturated carbocycles. The molecule has 1 aromatic heterocycles. The molecule has 2 heterocycles. The maximum absolute atomic E-state index is 12.8. The Morgan fingerprint density at radius 1 is 1.00 bits per heavy atom. The minimum atomic E-state index is -1.04. The standard InChI is InChI=1S/C24H19N3O4/c28-22(26-14-16-2-1-10-25-13-16)20-8-3-17-9-11-27(15-21(17)12-20)23(29)18-4-6-19(7-5-18)24(30)31/h1-13H,14-15H2,(H,26,28)(H,30,31). The average Bonchev–Trinajstić information content (AvgIpc) is 2.82. The van der Waals surface area contributed by atoms with E-state index in [2.05, 4.69) is 10.3 Å². The minimum Gasteiger partial charge on any atom is -0.478 e. The zero-order chi connectivity index (χ0) is 21.8. The normalized spacial score (nSPS) is 12.2. The van der Waals surface area contributed by atoms with Gasteiger partial charge in [0.2, 0.25) is 0 Å². The Morgan fingerprint density at radius 3 is 2.45 bits per heavy atom. The van der Waals surface area contributed by atoms with E-state index in [9.17, 15) is 14.4 Å². The molecule has 3 aromatic rings. The van der Waals surface area contributed by atoms with E-state index in [1.54, 1.807) is 30.7 Å². The Bertz CT molecular complexity index is 1170. The number of aromatic nitrogens is 1. The molecule has 1 aliphatic heterocycles. The molecule has 154 valence electrons. The molecule has 2 amide bonds. The molecule has 7 nitrogen and oxygen atoms in total. The van der Waals surface area contributed by atoms with Gasteiger partial charge in [0.15, 0.2) is 0 Å². The van der Waals surface area contributed by atoms with Crippen LogP contribution in [0.4, 0.5) is 0 Å². The number of nitrogens with zero attached hydrogens (tertiary/aromatic N) is 2. The second-order valence-corrected chi connectivity index (χ2v) is 7.09. The lowest BCUT2D eigenvalue weighted by atomic mass is 10.00. The van der Waals surface area contributed by atoms with Crippen LogP contribution in [0.15, 0.2) is 73.2 Å². The van der Waals surface area contributed by atoms with Crippen LogP contribution in [0.3, 0.4) is 0 Å². The highest BCUT2D eigenvalue weighted by Gasteiger charge is 2.20. The molecule has 0 atom stereocenters. The Labute approximate surface area is 178 Å². The number of hydrogen-bond donors (Lipinski definition) is 2. The van der Waals surface area contributed by atoms with Crippen LogP contribution in [0.5, 0.6) is 0 Å². The lowest BCUT2D eigenvalue weighted by Crippen LogP contribution is -2.28. The molecule has 2 aromatic carbocycles. The Hall–Kier alpha value is -4.26. The van der Waals surface area contributed by atoms with Crippen molar-refractivity contribution in [1.82, 2.24) is 15.2 Å². The number of hydrogen-bond acceptors (Lipinski definition) is 4. The van der Waals surface area contributed by atoms with Gasteiger partial charge < -0.3 is 15.3 Å². The number of fused-ring (bicyclic) bond motifs is 1. The van der Waals surface area contributed by atoms with Crippen LogP contribution < -0.4 is 5.32 Å². The molecule has 0 aliphatic carbocycles. The molecule has 0 unspecified atom stereocenters. The minimum absolute atomic E-state index is 0.123. The molecular weight excluding hydrogens is 394 g/mol. The van der Waals surface area contributed by atoms with Crippen LogP contribution >= 0.6 is 0 Å². The number of benzene rings is 2. The van der Waals surface area contributed by atoms with Crippen molar-refractivity contribution in [2.24, 2.45) is 0 Å². The van der Waals surface area contributed by atoms with E-state index >= 15 is 0 Å². The molecule has 0 spiro atoms. The topological polar surface area (TPSA) is 99.6 Å². The van der Waals surface area contributed by atoms with Gasteiger partial charge in [-0.05, 0) is 65.2 Å². The SMILES string of the molecule is O=C(O)c1ccc(C(=O)N2C=Cc3ccc(C(=O)NCc4cccnc4)cc3C2)cc1. The van der Waals surface area contributed by atoms with E-state index in [-0.39, 0.29) is 17.4 Å². The van der Waals surface area contributed by atoms with E-state index < -0.39 is 5.97 Å². The first-order chi connectivity index (χ1) is 15.0. The quantitative estimate of drug-likeness (QED) is 0.668. The van der Waals surface area contributed by atoms with Gasteiger partial charge in [0.25, 0.3) is 11.8 Å². The summed E-state index contributed by atoms with van der Waals surface area (Å²) >= 11 is 0. The molecule has 4 rings (SSSR count). The fourth-order valence-electron chi connectivity index (χ4n) is 3.30.